The summed E-state index contributed by atoms with van der Waals surface area (Å²) in [5, 5.41) is 0. The van der Waals surface area contributed by atoms with Crippen LogP contribution in [-0.4, -0.2) is 11.9 Å². The van der Waals surface area contributed by atoms with Gasteiger partial charge in [-0.15, -0.1) is 0 Å². The molecule has 0 fully saturated rings. The van der Waals surface area contributed by atoms with E-state index in [9.17, 15) is 0 Å². The molecule has 0 unspecified atom stereocenters. The molecule has 1 nitrogen and oxygen atoms in total. The van der Waals surface area contributed by atoms with Gasteiger partial charge in [0, 0.05) is 12.7 Å². The topological polar surface area (TPSA) is 3.24 Å². The van der Waals surface area contributed by atoms with Crippen molar-refractivity contribution in [3.63, 3.8) is 0 Å². The van der Waals surface area contributed by atoms with Gasteiger partial charge >= 0.3 is 0 Å². The second-order valence-electron chi connectivity index (χ2n) is 2.74. The van der Waals surface area contributed by atoms with Crippen LogP contribution in [0.4, 0.5) is 0 Å². The van der Waals surface area contributed by atoms with E-state index in [1.165, 1.54) is 0 Å². The SMILES string of the molecule is C=C(C(C)C)N(C)/C=C\C. The maximum atomic E-state index is 3.95. The van der Waals surface area contributed by atoms with Crippen molar-refractivity contribution in [1.29, 1.82) is 0 Å². The van der Waals surface area contributed by atoms with Crippen molar-refractivity contribution in [2.24, 2.45) is 5.92 Å². The smallest absolute Gasteiger partial charge is 0.0124 e. The Bertz CT molecular complexity index is 134. The van der Waals surface area contributed by atoms with Gasteiger partial charge in [0.05, 0.1) is 0 Å². The summed E-state index contributed by atoms with van der Waals surface area (Å²) >= 11 is 0. The van der Waals surface area contributed by atoms with E-state index >= 15 is 0 Å². The molecule has 0 radical (unpaired) electrons. The van der Waals surface area contributed by atoms with Gasteiger partial charge in [0.15, 0.2) is 0 Å². The lowest BCUT2D eigenvalue weighted by atomic mass is 10.1. The summed E-state index contributed by atoms with van der Waals surface area (Å²) in [6.07, 6.45) is 4.02. The molecule has 0 rings (SSSR count). The highest BCUT2D eigenvalue weighted by atomic mass is 15.1. The van der Waals surface area contributed by atoms with Crippen molar-refractivity contribution in [2.75, 3.05) is 7.05 Å². The first-order chi connectivity index (χ1) is 4.59. The summed E-state index contributed by atoms with van der Waals surface area (Å²) in [6.45, 7) is 10.2. The molecular formula is C9H17N. The van der Waals surface area contributed by atoms with E-state index in [1.54, 1.807) is 0 Å². The Morgan fingerprint density at radius 1 is 1.50 bits per heavy atom. The number of allylic oxidation sites excluding steroid dienone is 2. The average Bonchev–Trinajstić information content (AvgIpc) is 1.87. The second kappa shape index (κ2) is 4.15. The Morgan fingerprint density at radius 2 is 2.00 bits per heavy atom. The second-order valence-corrected chi connectivity index (χ2v) is 2.74. The Morgan fingerprint density at radius 3 is 2.30 bits per heavy atom. The van der Waals surface area contributed by atoms with E-state index in [4.69, 9.17) is 0 Å². The highest BCUT2D eigenvalue weighted by molar-refractivity contribution is 5.00. The highest BCUT2D eigenvalue weighted by Gasteiger charge is 2.01. The van der Waals surface area contributed by atoms with Crippen molar-refractivity contribution in [2.45, 2.75) is 20.8 Å². The van der Waals surface area contributed by atoms with Crippen LogP contribution in [0.15, 0.2) is 24.6 Å². The predicted octanol–water partition coefficient (Wildman–Crippen LogP) is 2.62. The number of hydrogen-bond acceptors (Lipinski definition) is 1. The fourth-order valence-corrected chi connectivity index (χ4v) is 0.727. The number of rotatable bonds is 3. The van der Waals surface area contributed by atoms with E-state index < -0.39 is 0 Å². The highest BCUT2D eigenvalue weighted by Crippen LogP contribution is 2.10. The lowest BCUT2D eigenvalue weighted by molar-refractivity contribution is 0.490. The van der Waals surface area contributed by atoms with Crippen molar-refractivity contribution < 1.29 is 0 Å². The Labute approximate surface area is 64.0 Å². The molecule has 0 saturated heterocycles. The minimum absolute atomic E-state index is 0.529. The normalized spacial score (nSPS) is 10.9. The van der Waals surface area contributed by atoms with Gasteiger partial charge in [-0.1, -0.05) is 26.5 Å². The molecular weight excluding hydrogens is 122 g/mol. The number of nitrogens with zero attached hydrogens (tertiary/aromatic N) is 1. The molecule has 0 aromatic carbocycles. The third kappa shape index (κ3) is 2.72. The minimum atomic E-state index is 0.529. The van der Waals surface area contributed by atoms with Crippen LogP contribution in [0.1, 0.15) is 20.8 Å². The molecule has 58 valence electrons. The first-order valence-corrected chi connectivity index (χ1v) is 3.64. The molecule has 0 amide bonds. The first-order valence-electron chi connectivity index (χ1n) is 3.64. The molecule has 0 spiro atoms. The summed E-state index contributed by atoms with van der Waals surface area (Å²) in [6, 6.07) is 0. The van der Waals surface area contributed by atoms with Gasteiger partial charge in [0.25, 0.3) is 0 Å². The fraction of sp³-hybridized carbons (Fsp3) is 0.556. The predicted molar refractivity (Wildman–Crippen MR) is 46.6 cm³/mol. The molecule has 0 aromatic heterocycles. The van der Waals surface area contributed by atoms with Crippen LogP contribution in [-0.2, 0) is 0 Å². The Balaban J connectivity index is 3.95. The molecule has 0 heterocycles. The van der Waals surface area contributed by atoms with Crippen LogP contribution in [0.2, 0.25) is 0 Å². The summed E-state index contributed by atoms with van der Waals surface area (Å²) in [5.41, 5.74) is 1.15. The monoisotopic (exact) mass is 139 g/mol. The lowest BCUT2D eigenvalue weighted by Crippen LogP contribution is -2.13. The first kappa shape index (κ1) is 9.28. The molecule has 0 aliphatic heterocycles. The van der Waals surface area contributed by atoms with E-state index in [0.717, 1.165) is 5.70 Å². The van der Waals surface area contributed by atoms with Crippen molar-refractivity contribution in [3.05, 3.63) is 24.6 Å². The lowest BCUT2D eigenvalue weighted by Gasteiger charge is -2.19. The molecule has 10 heavy (non-hydrogen) atoms. The van der Waals surface area contributed by atoms with Crippen LogP contribution >= 0.6 is 0 Å². The molecule has 1 heteroatoms. The maximum Gasteiger partial charge on any atom is 0.0124 e. The van der Waals surface area contributed by atoms with Crippen LogP contribution in [0.25, 0.3) is 0 Å². The van der Waals surface area contributed by atoms with E-state index in [2.05, 4.69) is 20.4 Å². The van der Waals surface area contributed by atoms with Gasteiger partial charge in [0.1, 0.15) is 0 Å². The zero-order chi connectivity index (χ0) is 8.15. The van der Waals surface area contributed by atoms with Crippen molar-refractivity contribution >= 4 is 0 Å². The van der Waals surface area contributed by atoms with Gasteiger partial charge < -0.3 is 4.90 Å². The zero-order valence-corrected chi connectivity index (χ0v) is 7.39. The molecule has 0 atom stereocenters. The minimum Gasteiger partial charge on any atom is -0.355 e. The summed E-state index contributed by atoms with van der Waals surface area (Å²) in [7, 11) is 2.02. The molecule has 0 saturated carbocycles. The fourth-order valence-electron chi connectivity index (χ4n) is 0.727. The van der Waals surface area contributed by atoms with Gasteiger partial charge in [-0.05, 0) is 19.0 Å². The van der Waals surface area contributed by atoms with E-state index in [0.29, 0.717) is 5.92 Å². The average molecular weight is 139 g/mol. The summed E-state index contributed by atoms with van der Waals surface area (Å²) < 4.78 is 0. The molecule has 0 N–H and O–H groups in total. The van der Waals surface area contributed by atoms with E-state index in [1.807, 2.05) is 31.1 Å². The molecule has 0 aliphatic rings. The van der Waals surface area contributed by atoms with E-state index in [-0.39, 0.29) is 0 Å². The van der Waals surface area contributed by atoms with Gasteiger partial charge in [0.2, 0.25) is 0 Å². The van der Waals surface area contributed by atoms with Crippen LogP contribution < -0.4 is 0 Å². The zero-order valence-electron chi connectivity index (χ0n) is 7.39. The standard InChI is InChI=1S/C9H17N/c1-6-7-10(5)9(4)8(2)3/h6-8H,4H2,1-3,5H3/b7-6-. The third-order valence-electron chi connectivity index (χ3n) is 1.49. The van der Waals surface area contributed by atoms with Gasteiger partial charge in [-0.25, -0.2) is 0 Å². The Hall–Kier alpha value is -0.720. The third-order valence-corrected chi connectivity index (χ3v) is 1.49. The Kier molecular flexibility index (Phi) is 3.85. The summed E-state index contributed by atoms with van der Waals surface area (Å²) in [4.78, 5) is 2.05. The van der Waals surface area contributed by atoms with Crippen LogP contribution in [0.5, 0.6) is 0 Å². The van der Waals surface area contributed by atoms with Crippen LogP contribution in [0.3, 0.4) is 0 Å². The largest absolute Gasteiger partial charge is 0.355 e. The van der Waals surface area contributed by atoms with Crippen molar-refractivity contribution in [3.8, 4) is 0 Å². The summed E-state index contributed by atoms with van der Waals surface area (Å²) in [5.74, 6) is 0.529. The number of hydrogen-bond donors (Lipinski definition) is 0. The quantitative estimate of drug-likeness (QED) is 0.581. The van der Waals surface area contributed by atoms with Crippen molar-refractivity contribution in [1.82, 2.24) is 4.90 Å². The van der Waals surface area contributed by atoms with Gasteiger partial charge in [-0.3, -0.25) is 0 Å². The molecule has 0 aromatic rings. The van der Waals surface area contributed by atoms with Crippen LogP contribution in [0, 0.1) is 5.92 Å². The molecule has 0 aliphatic carbocycles. The molecule has 0 bridgehead atoms. The van der Waals surface area contributed by atoms with Gasteiger partial charge in [-0.2, -0.15) is 0 Å². The maximum absolute atomic E-state index is 3.95.